The van der Waals surface area contributed by atoms with Crippen LogP contribution in [0.2, 0.25) is 0 Å². The molecule has 0 aliphatic heterocycles. The Morgan fingerprint density at radius 3 is 2.39 bits per heavy atom. The average Bonchev–Trinajstić information content (AvgIpc) is 2.27. The topological polar surface area (TPSA) is 104 Å². The van der Waals surface area contributed by atoms with Crippen LogP contribution < -0.4 is 5.73 Å². The molecule has 1 rings (SSSR count). The number of nitrogens with two attached hydrogens (primary N) is 1. The van der Waals surface area contributed by atoms with E-state index in [0.717, 1.165) is 17.3 Å². The van der Waals surface area contributed by atoms with E-state index in [9.17, 15) is 19.5 Å². The molecule has 1 aromatic rings. The minimum absolute atomic E-state index is 0.202. The summed E-state index contributed by atoms with van der Waals surface area (Å²) >= 11 is 0.818. The highest BCUT2D eigenvalue weighted by Crippen LogP contribution is 2.55. The highest BCUT2D eigenvalue weighted by molar-refractivity contribution is 8.06. The van der Waals surface area contributed by atoms with Gasteiger partial charge in [0.2, 0.25) is 0 Å². The van der Waals surface area contributed by atoms with Gasteiger partial charge in [-0.3, -0.25) is 4.57 Å². The van der Waals surface area contributed by atoms with Crippen LogP contribution in [0.4, 0.5) is 0 Å². The maximum absolute atomic E-state index is 11.4. The molecule has 0 amide bonds. The van der Waals surface area contributed by atoms with Crippen molar-refractivity contribution in [1.82, 2.24) is 0 Å². The maximum Gasteiger partial charge on any atom is 0.358 e. The van der Waals surface area contributed by atoms with Crippen LogP contribution in [0.1, 0.15) is 25.3 Å². The van der Waals surface area contributed by atoms with Crippen LogP contribution in [0, 0.1) is 0 Å². The summed E-state index contributed by atoms with van der Waals surface area (Å²) in [6.45, 7) is 3.16. The van der Waals surface area contributed by atoms with Gasteiger partial charge in [0, 0.05) is 4.90 Å². The molecule has 0 aliphatic carbocycles. The molecule has 0 bridgehead atoms. The van der Waals surface area contributed by atoms with Crippen LogP contribution in [0.5, 0.6) is 0 Å². The van der Waals surface area contributed by atoms with Crippen LogP contribution in [-0.4, -0.2) is 26.1 Å². The van der Waals surface area contributed by atoms with Gasteiger partial charge in [0.25, 0.3) is 0 Å². The van der Waals surface area contributed by atoms with Gasteiger partial charge in [-0.15, -0.1) is 0 Å². The number of aliphatic hydroxyl groups excluding tert-OH is 1. The third-order valence-electron chi connectivity index (χ3n) is 2.55. The molecule has 102 valence electrons. The fraction of sp³-hybridized carbons (Fsp3) is 0.455. The molecule has 0 aromatic heterocycles. The number of hydrogen-bond acceptors (Lipinski definition) is 4. The largest absolute Gasteiger partial charge is 0.393 e. The van der Waals surface area contributed by atoms with E-state index in [2.05, 4.69) is 0 Å². The summed E-state index contributed by atoms with van der Waals surface area (Å²) in [5, 5.41) is 9.17. The predicted octanol–water partition coefficient (Wildman–Crippen LogP) is 1.68. The number of rotatable bonds is 5. The summed E-state index contributed by atoms with van der Waals surface area (Å²) in [6, 6.07) is 7.25. The Kier molecular flexibility index (Phi) is 5.00. The second kappa shape index (κ2) is 5.74. The van der Waals surface area contributed by atoms with Gasteiger partial charge in [0.1, 0.15) is 0 Å². The van der Waals surface area contributed by atoms with Gasteiger partial charge in [0.15, 0.2) is 4.61 Å². The van der Waals surface area contributed by atoms with Gasteiger partial charge in [-0.2, -0.15) is 0 Å². The maximum atomic E-state index is 11.4. The molecule has 0 fully saturated rings. The van der Waals surface area contributed by atoms with Crippen molar-refractivity contribution in [3.63, 3.8) is 0 Å². The summed E-state index contributed by atoms with van der Waals surface area (Å²) in [5.41, 5.74) is 6.57. The van der Waals surface area contributed by atoms with E-state index in [1.807, 2.05) is 26.0 Å². The van der Waals surface area contributed by atoms with E-state index in [0.29, 0.717) is 4.90 Å². The fourth-order valence-electron chi connectivity index (χ4n) is 1.42. The summed E-state index contributed by atoms with van der Waals surface area (Å²) < 4.78 is 9.36. The van der Waals surface area contributed by atoms with Gasteiger partial charge in [0.05, 0.1) is 6.61 Å². The third kappa shape index (κ3) is 3.35. The predicted molar refractivity (Wildman–Crippen MR) is 72.4 cm³/mol. The number of thioether (sulfide) groups is 1. The average molecular weight is 291 g/mol. The number of aliphatic hydroxyl groups is 1. The van der Waals surface area contributed by atoms with Gasteiger partial charge in [-0.25, -0.2) is 0 Å². The molecule has 1 aromatic carbocycles. The van der Waals surface area contributed by atoms with Crippen molar-refractivity contribution in [3.8, 4) is 0 Å². The van der Waals surface area contributed by atoms with E-state index in [4.69, 9.17) is 5.73 Å². The van der Waals surface area contributed by atoms with E-state index >= 15 is 0 Å². The summed E-state index contributed by atoms with van der Waals surface area (Å²) in [7, 11) is -4.61. The first-order valence-corrected chi connectivity index (χ1v) is 7.87. The lowest BCUT2D eigenvalue weighted by atomic mass is 10.0. The third-order valence-corrected chi connectivity index (χ3v) is 5.74. The first kappa shape index (κ1) is 15.7. The SMILES string of the molecule is CC(C)c1ccccc1SC(N)(CO)P(=O)(O)O. The lowest BCUT2D eigenvalue weighted by molar-refractivity contribution is 0.254. The highest BCUT2D eigenvalue weighted by atomic mass is 32.2. The molecule has 0 radical (unpaired) electrons. The molecule has 1 atom stereocenters. The smallest absolute Gasteiger partial charge is 0.358 e. The first-order chi connectivity index (χ1) is 8.21. The Labute approximate surface area is 111 Å². The minimum Gasteiger partial charge on any atom is -0.393 e. The first-order valence-electron chi connectivity index (χ1n) is 5.44. The quantitative estimate of drug-likeness (QED) is 0.374. The Morgan fingerprint density at radius 1 is 1.39 bits per heavy atom. The molecule has 1 unspecified atom stereocenters. The van der Waals surface area contributed by atoms with Crippen LogP contribution in [0.25, 0.3) is 0 Å². The van der Waals surface area contributed by atoms with Crippen molar-refractivity contribution >= 4 is 19.4 Å². The monoisotopic (exact) mass is 291 g/mol. The highest BCUT2D eigenvalue weighted by Gasteiger charge is 2.44. The second-order valence-corrected chi connectivity index (χ2v) is 7.90. The van der Waals surface area contributed by atoms with Crippen LogP contribution in [0.15, 0.2) is 29.2 Å². The number of benzene rings is 1. The van der Waals surface area contributed by atoms with E-state index in [1.165, 1.54) is 0 Å². The Morgan fingerprint density at radius 2 is 1.94 bits per heavy atom. The van der Waals surface area contributed by atoms with Crippen LogP contribution in [-0.2, 0) is 4.57 Å². The van der Waals surface area contributed by atoms with E-state index < -0.39 is 18.8 Å². The fourth-order valence-corrected chi connectivity index (χ4v) is 3.39. The molecule has 5 N–H and O–H groups in total. The number of hydrogen-bond donors (Lipinski definition) is 4. The molecule has 5 nitrogen and oxygen atoms in total. The Balaban J connectivity index is 3.14. The molecule has 0 heterocycles. The van der Waals surface area contributed by atoms with E-state index in [1.54, 1.807) is 12.1 Å². The Hall–Kier alpha value is -0.360. The standard InChI is InChI=1S/C11H18NO4PS/c1-8(2)9-5-3-4-6-10(9)18-11(12,7-13)17(14,15)16/h3-6,8,13H,7,12H2,1-2H3,(H2,14,15,16). The lowest BCUT2D eigenvalue weighted by Crippen LogP contribution is -2.39. The molecular formula is C11H18NO4PS. The minimum atomic E-state index is -4.61. The van der Waals surface area contributed by atoms with Crippen molar-refractivity contribution in [2.75, 3.05) is 6.61 Å². The molecule has 0 saturated heterocycles. The van der Waals surface area contributed by atoms with E-state index in [-0.39, 0.29) is 5.92 Å². The van der Waals surface area contributed by atoms with Crippen molar-refractivity contribution in [2.24, 2.45) is 5.73 Å². The molecule has 0 aliphatic rings. The van der Waals surface area contributed by atoms with Crippen molar-refractivity contribution in [3.05, 3.63) is 29.8 Å². The molecule has 0 saturated carbocycles. The summed E-state index contributed by atoms with van der Waals surface area (Å²) in [4.78, 5) is 19.1. The van der Waals surface area contributed by atoms with Crippen LogP contribution in [0.3, 0.4) is 0 Å². The molecule has 18 heavy (non-hydrogen) atoms. The van der Waals surface area contributed by atoms with Gasteiger partial charge in [-0.1, -0.05) is 43.8 Å². The second-order valence-electron chi connectivity index (χ2n) is 4.34. The lowest BCUT2D eigenvalue weighted by Gasteiger charge is -2.28. The normalized spacial score (nSPS) is 15.7. The molecule has 0 spiro atoms. The van der Waals surface area contributed by atoms with Crippen molar-refractivity contribution in [2.45, 2.75) is 29.3 Å². The summed E-state index contributed by atoms with van der Waals surface area (Å²) in [6.07, 6.45) is 0. The Bertz CT molecular complexity index is 462. The zero-order valence-corrected chi connectivity index (χ0v) is 12.0. The zero-order chi connectivity index (χ0) is 14.0. The summed E-state index contributed by atoms with van der Waals surface area (Å²) in [5.74, 6) is 0.202. The van der Waals surface area contributed by atoms with Gasteiger partial charge < -0.3 is 20.6 Å². The van der Waals surface area contributed by atoms with Crippen LogP contribution >= 0.6 is 19.4 Å². The van der Waals surface area contributed by atoms with Gasteiger partial charge in [-0.05, 0) is 17.5 Å². The van der Waals surface area contributed by atoms with Crippen molar-refractivity contribution in [1.29, 1.82) is 0 Å². The zero-order valence-electron chi connectivity index (χ0n) is 10.3. The van der Waals surface area contributed by atoms with Crippen molar-refractivity contribution < 1.29 is 19.5 Å². The van der Waals surface area contributed by atoms with Gasteiger partial charge >= 0.3 is 7.60 Å². The molecular weight excluding hydrogens is 273 g/mol. The molecule has 7 heteroatoms.